The molecular weight excluding hydrogens is 302 g/mol. The SMILES string of the molecule is O=C(CCc1ccccc1O)N1CCC(c2ccc(O)cc2)CC1. The molecule has 24 heavy (non-hydrogen) atoms. The summed E-state index contributed by atoms with van der Waals surface area (Å²) in [5.74, 6) is 1.15. The van der Waals surface area contributed by atoms with Crippen LogP contribution in [-0.4, -0.2) is 34.1 Å². The van der Waals surface area contributed by atoms with Crippen LogP contribution in [0.4, 0.5) is 0 Å². The topological polar surface area (TPSA) is 60.8 Å². The number of phenols is 2. The molecule has 0 atom stereocenters. The van der Waals surface area contributed by atoms with E-state index in [1.165, 1.54) is 5.56 Å². The number of carbonyl (C=O) groups is 1. The summed E-state index contributed by atoms with van der Waals surface area (Å²) < 4.78 is 0. The van der Waals surface area contributed by atoms with E-state index in [0.717, 1.165) is 31.5 Å². The summed E-state index contributed by atoms with van der Waals surface area (Å²) in [5, 5.41) is 19.1. The first-order chi connectivity index (χ1) is 11.6. The maximum absolute atomic E-state index is 12.4. The summed E-state index contributed by atoms with van der Waals surface area (Å²) in [6, 6.07) is 14.6. The molecule has 0 aliphatic carbocycles. The number of aryl methyl sites for hydroxylation is 1. The number of carbonyl (C=O) groups excluding carboxylic acids is 1. The minimum absolute atomic E-state index is 0.155. The fourth-order valence-electron chi connectivity index (χ4n) is 3.33. The number of hydrogen-bond acceptors (Lipinski definition) is 3. The highest BCUT2D eigenvalue weighted by Crippen LogP contribution is 2.29. The van der Waals surface area contributed by atoms with Crippen molar-refractivity contribution in [3.8, 4) is 11.5 Å². The van der Waals surface area contributed by atoms with Crippen molar-refractivity contribution < 1.29 is 15.0 Å². The third-order valence-corrected chi connectivity index (χ3v) is 4.81. The van der Waals surface area contributed by atoms with Crippen LogP contribution in [0, 0.1) is 0 Å². The van der Waals surface area contributed by atoms with Crippen molar-refractivity contribution in [1.29, 1.82) is 0 Å². The van der Waals surface area contributed by atoms with Crippen LogP contribution in [0.15, 0.2) is 48.5 Å². The third kappa shape index (κ3) is 3.88. The van der Waals surface area contributed by atoms with Gasteiger partial charge in [0.2, 0.25) is 5.91 Å². The Balaban J connectivity index is 1.50. The Morgan fingerprint density at radius 2 is 1.67 bits per heavy atom. The van der Waals surface area contributed by atoms with Gasteiger partial charge in [-0.1, -0.05) is 30.3 Å². The molecule has 0 spiro atoms. The summed E-state index contributed by atoms with van der Waals surface area (Å²) in [6.07, 6.45) is 2.91. The maximum Gasteiger partial charge on any atom is 0.222 e. The fraction of sp³-hybridized carbons (Fsp3) is 0.350. The molecule has 2 aromatic carbocycles. The number of rotatable bonds is 4. The molecule has 126 valence electrons. The van der Waals surface area contributed by atoms with Gasteiger partial charge >= 0.3 is 0 Å². The highest BCUT2D eigenvalue weighted by molar-refractivity contribution is 5.76. The molecule has 1 aliphatic rings. The van der Waals surface area contributed by atoms with Crippen LogP contribution in [0.5, 0.6) is 11.5 Å². The lowest BCUT2D eigenvalue weighted by molar-refractivity contribution is -0.132. The second-order valence-electron chi connectivity index (χ2n) is 6.38. The molecule has 0 bridgehead atoms. The van der Waals surface area contributed by atoms with Crippen LogP contribution >= 0.6 is 0 Å². The van der Waals surface area contributed by atoms with Crippen molar-refractivity contribution in [2.45, 2.75) is 31.6 Å². The second kappa shape index (κ2) is 7.39. The summed E-state index contributed by atoms with van der Waals surface area (Å²) in [5.41, 5.74) is 2.05. The van der Waals surface area contributed by atoms with Gasteiger partial charge in [-0.2, -0.15) is 0 Å². The number of nitrogens with zero attached hydrogens (tertiary/aromatic N) is 1. The molecule has 0 aromatic heterocycles. The molecule has 2 N–H and O–H groups in total. The molecule has 3 rings (SSSR count). The number of phenolic OH excluding ortho intramolecular Hbond substituents is 2. The minimum Gasteiger partial charge on any atom is -0.508 e. The molecule has 1 heterocycles. The van der Waals surface area contributed by atoms with E-state index in [2.05, 4.69) is 0 Å². The lowest BCUT2D eigenvalue weighted by Gasteiger charge is -2.32. The first-order valence-electron chi connectivity index (χ1n) is 8.47. The molecule has 1 saturated heterocycles. The molecule has 0 radical (unpaired) electrons. The number of benzene rings is 2. The molecule has 4 heteroatoms. The van der Waals surface area contributed by atoms with Crippen molar-refractivity contribution in [3.05, 3.63) is 59.7 Å². The van der Waals surface area contributed by atoms with E-state index in [-0.39, 0.29) is 17.4 Å². The zero-order valence-electron chi connectivity index (χ0n) is 13.7. The Hall–Kier alpha value is -2.49. The smallest absolute Gasteiger partial charge is 0.222 e. The molecule has 2 aromatic rings. The van der Waals surface area contributed by atoms with Crippen molar-refractivity contribution >= 4 is 5.91 Å². The summed E-state index contributed by atoms with van der Waals surface area (Å²) in [4.78, 5) is 14.3. The van der Waals surface area contributed by atoms with E-state index in [0.29, 0.717) is 18.8 Å². The average molecular weight is 325 g/mol. The lowest BCUT2D eigenvalue weighted by atomic mass is 9.89. The largest absolute Gasteiger partial charge is 0.508 e. The number of aromatic hydroxyl groups is 2. The van der Waals surface area contributed by atoms with Gasteiger partial charge in [-0.15, -0.1) is 0 Å². The van der Waals surface area contributed by atoms with E-state index < -0.39 is 0 Å². The number of hydrogen-bond donors (Lipinski definition) is 2. The average Bonchev–Trinajstić information content (AvgIpc) is 2.62. The van der Waals surface area contributed by atoms with Gasteiger partial charge in [0.05, 0.1) is 0 Å². The zero-order valence-corrected chi connectivity index (χ0v) is 13.7. The zero-order chi connectivity index (χ0) is 16.9. The Kier molecular flexibility index (Phi) is 5.04. The molecular formula is C20H23NO3. The highest BCUT2D eigenvalue weighted by atomic mass is 16.3. The summed E-state index contributed by atoms with van der Waals surface area (Å²) in [7, 11) is 0. The quantitative estimate of drug-likeness (QED) is 0.905. The van der Waals surface area contributed by atoms with Gasteiger partial charge in [-0.3, -0.25) is 4.79 Å². The second-order valence-corrected chi connectivity index (χ2v) is 6.38. The normalized spacial score (nSPS) is 15.4. The van der Waals surface area contributed by atoms with Gasteiger partial charge in [0, 0.05) is 19.5 Å². The van der Waals surface area contributed by atoms with Gasteiger partial charge in [0.25, 0.3) is 0 Å². The van der Waals surface area contributed by atoms with Crippen molar-refractivity contribution in [3.63, 3.8) is 0 Å². The summed E-state index contributed by atoms with van der Waals surface area (Å²) in [6.45, 7) is 1.54. The van der Waals surface area contributed by atoms with E-state index in [1.54, 1.807) is 24.3 Å². The van der Waals surface area contributed by atoms with Crippen LogP contribution in [-0.2, 0) is 11.2 Å². The molecule has 0 unspecified atom stereocenters. The summed E-state index contributed by atoms with van der Waals surface area (Å²) >= 11 is 0. The maximum atomic E-state index is 12.4. The monoisotopic (exact) mass is 325 g/mol. The van der Waals surface area contributed by atoms with Crippen molar-refractivity contribution in [1.82, 2.24) is 4.90 Å². The Morgan fingerprint density at radius 1 is 1.00 bits per heavy atom. The third-order valence-electron chi connectivity index (χ3n) is 4.81. The van der Waals surface area contributed by atoms with Crippen molar-refractivity contribution in [2.75, 3.05) is 13.1 Å². The first-order valence-corrected chi connectivity index (χ1v) is 8.47. The van der Waals surface area contributed by atoms with Crippen molar-refractivity contribution in [2.24, 2.45) is 0 Å². The number of piperidine rings is 1. The van der Waals surface area contributed by atoms with Gasteiger partial charge < -0.3 is 15.1 Å². The van der Waals surface area contributed by atoms with Gasteiger partial charge in [0.1, 0.15) is 11.5 Å². The van der Waals surface area contributed by atoms with Crippen LogP contribution < -0.4 is 0 Å². The number of para-hydroxylation sites is 1. The van der Waals surface area contributed by atoms with Gasteiger partial charge in [-0.25, -0.2) is 0 Å². The standard InChI is InChI=1S/C20H23NO3/c22-18-8-5-15(6-9-18)16-11-13-21(14-12-16)20(24)10-7-17-3-1-2-4-19(17)23/h1-6,8-9,16,22-23H,7,10-14H2. The minimum atomic E-state index is 0.155. The van der Waals surface area contributed by atoms with Gasteiger partial charge in [0.15, 0.2) is 0 Å². The first kappa shape index (κ1) is 16.4. The van der Waals surface area contributed by atoms with Crippen LogP contribution in [0.3, 0.4) is 0 Å². The molecule has 4 nitrogen and oxygen atoms in total. The van der Waals surface area contributed by atoms with E-state index in [9.17, 15) is 15.0 Å². The van der Waals surface area contributed by atoms with Crippen LogP contribution in [0.25, 0.3) is 0 Å². The van der Waals surface area contributed by atoms with Crippen LogP contribution in [0.1, 0.15) is 36.3 Å². The molecule has 1 aliphatic heterocycles. The molecule has 0 saturated carbocycles. The van der Waals surface area contributed by atoms with E-state index in [4.69, 9.17) is 0 Å². The fourth-order valence-corrected chi connectivity index (χ4v) is 3.33. The number of likely N-dealkylation sites (tertiary alicyclic amines) is 1. The molecule has 1 amide bonds. The Labute approximate surface area is 142 Å². The lowest BCUT2D eigenvalue weighted by Crippen LogP contribution is -2.38. The Morgan fingerprint density at radius 3 is 2.33 bits per heavy atom. The number of amides is 1. The molecule has 1 fully saturated rings. The van der Waals surface area contributed by atoms with E-state index >= 15 is 0 Å². The van der Waals surface area contributed by atoms with Gasteiger partial charge in [-0.05, 0) is 54.5 Å². The Bertz CT molecular complexity index is 688. The highest BCUT2D eigenvalue weighted by Gasteiger charge is 2.23. The van der Waals surface area contributed by atoms with Crippen LogP contribution in [0.2, 0.25) is 0 Å². The predicted octanol–water partition coefficient (Wildman–Crippen LogP) is 3.44. The predicted molar refractivity (Wildman–Crippen MR) is 93.1 cm³/mol. The van der Waals surface area contributed by atoms with E-state index in [1.807, 2.05) is 29.2 Å².